The molecule has 4 fully saturated rings. The molecule has 12 heteroatoms. The molecule has 1 aliphatic carbocycles. The van der Waals surface area contributed by atoms with Gasteiger partial charge in [-0.05, 0) is 60.4 Å². The van der Waals surface area contributed by atoms with Crippen LogP contribution < -0.4 is 5.32 Å². The van der Waals surface area contributed by atoms with Crippen LogP contribution in [0.1, 0.15) is 47.2 Å². The number of aryl methyl sites for hydroxylation is 1. The first-order valence-corrected chi connectivity index (χ1v) is 14.5. The summed E-state index contributed by atoms with van der Waals surface area (Å²) in [5.41, 5.74) is 4.06. The minimum absolute atomic E-state index is 0.0419. The smallest absolute Gasteiger partial charge is 0.273 e. The molecule has 4 aliphatic rings. The molecule has 2 aromatic carbocycles. The van der Waals surface area contributed by atoms with Crippen molar-refractivity contribution in [1.82, 2.24) is 40.0 Å². The molecule has 12 nitrogen and oxygen atoms in total. The van der Waals surface area contributed by atoms with Crippen molar-refractivity contribution in [2.24, 2.45) is 13.0 Å². The number of hydrogen-bond acceptors (Lipinski definition) is 9. The van der Waals surface area contributed by atoms with Gasteiger partial charge in [-0.25, -0.2) is 4.98 Å². The molecule has 3 unspecified atom stereocenters. The first-order chi connectivity index (χ1) is 21.0. The summed E-state index contributed by atoms with van der Waals surface area (Å²) in [5, 5.41) is 15.9. The van der Waals surface area contributed by atoms with Crippen molar-refractivity contribution in [2.75, 3.05) is 18.4 Å². The number of fused-ring (bicyclic) bond motifs is 3. The van der Waals surface area contributed by atoms with E-state index in [2.05, 4.69) is 47.7 Å². The number of piperidine rings is 1. The number of benzene rings is 2. The molecule has 216 valence electrons. The minimum atomic E-state index is -0.138. The van der Waals surface area contributed by atoms with Gasteiger partial charge in [0.1, 0.15) is 11.2 Å². The fraction of sp³-hybridized carbons (Fsp3) is 0.323. The van der Waals surface area contributed by atoms with Gasteiger partial charge in [-0.2, -0.15) is 4.80 Å². The van der Waals surface area contributed by atoms with E-state index in [1.54, 1.807) is 31.4 Å². The Morgan fingerprint density at radius 3 is 2.58 bits per heavy atom. The molecule has 0 radical (unpaired) electrons. The van der Waals surface area contributed by atoms with Crippen LogP contribution in [0.15, 0.2) is 71.3 Å². The normalized spacial score (nSPS) is 20.5. The van der Waals surface area contributed by atoms with Crippen molar-refractivity contribution in [1.29, 1.82) is 0 Å². The van der Waals surface area contributed by atoms with Gasteiger partial charge in [0, 0.05) is 48.5 Å². The van der Waals surface area contributed by atoms with Crippen LogP contribution >= 0.6 is 0 Å². The van der Waals surface area contributed by atoms with Gasteiger partial charge in [-0.15, -0.1) is 10.2 Å². The number of rotatable bonds is 7. The first kappa shape index (κ1) is 25.7. The molecule has 1 N–H and O–H groups in total. The third-order valence-electron chi connectivity index (χ3n) is 8.53. The third-order valence-corrected chi connectivity index (χ3v) is 8.53. The average molecular weight is 576 g/mol. The molecule has 1 saturated carbocycles. The summed E-state index contributed by atoms with van der Waals surface area (Å²) in [4.78, 5) is 40.7. The predicted octanol–water partition coefficient (Wildman–Crippen LogP) is 3.45. The van der Waals surface area contributed by atoms with Gasteiger partial charge in [-0.3, -0.25) is 19.5 Å². The molecule has 3 aliphatic heterocycles. The molecule has 5 aromatic rings. The Labute approximate surface area is 246 Å². The number of amides is 2. The first-order valence-electron chi connectivity index (χ1n) is 14.5. The Morgan fingerprint density at radius 1 is 1.02 bits per heavy atom. The van der Waals surface area contributed by atoms with Crippen LogP contribution in [0.4, 0.5) is 5.69 Å². The highest BCUT2D eigenvalue weighted by atomic mass is 16.3. The lowest BCUT2D eigenvalue weighted by Crippen LogP contribution is -2.70. The van der Waals surface area contributed by atoms with Crippen LogP contribution in [0, 0.1) is 5.92 Å². The number of nitrogens with one attached hydrogen (secondary N) is 1. The maximum absolute atomic E-state index is 13.7. The summed E-state index contributed by atoms with van der Waals surface area (Å²) in [6.07, 6.45) is 4.45. The summed E-state index contributed by atoms with van der Waals surface area (Å²) >= 11 is 0. The second-order valence-electron chi connectivity index (χ2n) is 11.6. The molecule has 2 bridgehead atoms. The van der Waals surface area contributed by atoms with Crippen molar-refractivity contribution in [3.05, 3.63) is 83.9 Å². The number of piperazine rings is 1. The summed E-state index contributed by atoms with van der Waals surface area (Å²) in [6, 6.07) is 19.1. The maximum Gasteiger partial charge on any atom is 0.273 e. The maximum atomic E-state index is 13.7. The Hall–Kier alpha value is -4.97. The fourth-order valence-corrected chi connectivity index (χ4v) is 6.28. The fourth-order valence-electron chi connectivity index (χ4n) is 6.28. The Morgan fingerprint density at radius 2 is 1.84 bits per heavy atom. The number of carbonyl (C=O) groups is 2. The van der Waals surface area contributed by atoms with Crippen molar-refractivity contribution >= 4 is 28.6 Å². The topological polar surface area (TPSA) is 135 Å². The van der Waals surface area contributed by atoms with E-state index in [0.29, 0.717) is 52.8 Å². The van der Waals surface area contributed by atoms with E-state index in [-0.39, 0.29) is 35.9 Å². The predicted molar refractivity (Wildman–Crippen MR) is 156 cm³/mol. The third kappa shape index (κ3) is 4.73. The average Bonchev–Trinajstić information content (AvgIpc) is 3.67. The number of oxazole rings is 1. The zero-order valence-electron chi connectivity index (χ0n) is 23.5. The number of anilines is 1. The molecule has 6 heterocycles. The Kier molecular flexibility index (Phi) is 6.03. The largest absolute Gasteiger partial charge is 0.436 e. The van der Waals surface area contributed by atoms with Crippen LogP contribution in [-0.4, -0.2) is 77.0 Å². The van der Waals surface area contributed by atoms with Crippen LogP contribution in [0.3, 0.4) is 0 Å². The van der Waals surface area contributed by atoms with E-state index in [1.165, 1.54) is 4.80 Å². The number of tetrazole rings is 1. The number of pyridine rings is 1. The molecular weight excluding hydrogens is 546 g/mol. The standard InChI is InChI=1S/C31H29N9O3/c1-38-36-28(35-37-38)27(18-5-3-2-4-6-18)39-16-22-15-23(17-39)40(22)31(42)25-13-20(11-12-32-25)30-34-24-14-21(9-10-26(24)43-30)33-29(41)19-7-8-19/h2-6,9-14,19,22-23,27H,7-8,15-17H2,1H3,(H,33,41). The van der Waals surface area contributed by atoms with Crippen LogP contribution in [-0.2, 0) is 11.8 Å². The van der Waals surface area contributed by atoms with Gasteiger partial charge in [0.15, 0.2) is 11.4 Å². The van der Waals surface area contributed by atoms with Crippen molar-refractivity contribution in [3.8, 4) is 11.5 Å². The second kappa shape index (κ2) is 10.1. The lowest BCUT2D eigenvalue weighted by Gasteiger charge is -2.57. The monoisotopic (exact) mass is 575 g/mol. The highest BCUT2D eigenvalue weighted by Crippen LogP contribution is 2.39. The molecule has 0 spiro atoms. The molecule has 43 heavy (non-hydrogen) atoms. The van der Waals surface area contributed by atoms with E-state index in [9.17, 15) is 9.59 Å². The van der Waals surface area contributed by atoms with E-state index in [4.69, 9.17) is 4.42 Å². The molecular formula is C31H29N9O3. The lowest BCUT2D eigenvalue weighted by atomic mass is 9.85. The number of aromatic nitrogens is 6. The van der Waals surface area contributed by atoms with Gasteiger partial charge >= 0.3 is 0 Å². The highest BCUT2D eigenvalue weighted by Gasteiger charge is 2.49. The molecule has 3 aromatic heterocycles. The SMILES string of the molecule is Cn1nnc(C(c2ccccc2)N2CC3CC(C2)N3C(=O)c2cc(-c3nc4cc(NC(=O)C5CC5)ccc4o3)ccn2)n1. The Balaban J connectivity index is 1.00. The second-order valence-corrected chi connectivity index (χ2v) is 11.6. The summed E-state index contributed by atoms with van der Waals surface area (Å²) in [5.74, 6) is 1.11. The van der Waals surface area contributed by atoms with Crippen molar-refractivity contribution in [3.63, 3.8) is 0 Å². The van der Waals surface area contributed by atoms with Gasteiger partial charge < -0.3 is 14.6 Å². The number of carbonyl (C=O) groups excluding carboxylic acids is 2. The molecule has 3 atom stereocenters. The van der Waals surface area contributed by atoms with Gasteiger partial charge in [0.2, 0.25) is 11.8 Å². The van der Waals surface area contributed by atoms with Gasteiger partial charge in [-0.1, -0.05) is 30.3 Å². The molecule has 9 rings (SSSR count). The number of nitrogens with zero attached hydrogens (tertiary/aromatic N) is 8. The summed E-state index contributed by atoms with van der Waals surface area (Å²) < 4.78 is 6.01. The highest BCUT2D eigenvalue weighted by molar-refractivity contribution is 5.96. The number of hydrogen-bond donors (Lipinski definition) is 1. The van der Waals surface area contributed by atoms with Crippen molar-refractivity contribution < 1.29 is 14.0 Å². The van der Waals surface area contributed by atoms with E-state index in [1.807, 2.05) is 35.2 Å². The quantitative estimate of drug-likeness (QED) is 0.310. The van der Waals surface area contributed by atoms with Crippen molar-refractivity contribution in [2.45, 2.75) is 37.4 Å². The van der Waals surface area contributed by atoms with E-state index < -0.39 is 0 Å². The van der Waals surface area contributed by atoms with E-state index in [0.717, 1.165) is 24.8 Å². The molecule has 2 amide bonds. The van der Waals surface area contributed by atoms with Gasteiger partial charge in [0.25, 0.3) is 5.91 Å². The zero-order chi connectivity index (χ0) is 29.1. The Bertz CT molecular complexity index is 1840. The minimum Gasteiger partial charge on any atom is -0.436 e. The molecule has 3 saturated heterocycles. The van der Waals surface area contributed by atoms with E-state index >= 15 is 0 Å². The lowest BCUT2D eigenvalue weighted by molar-refractivity contribution is -0.117. The van der Waals surface area contributed by atoms with Gasteiger partial charge in [0.05, 0.1) is 13.1 Å². The summed E-state index contributed by atoms with van der Waals surface area (Å²) in [6.45, 7) is 1.40. The zero-order valence-corrected chi connectivity index (χ0v) is 23.5. The van der Waals surface area contributed by atoms with Crippen LogP contribution in [0.25, 0.3) is 22.6 Å². The van der Waals surface area contributed by atoms with Crippen LogP contribution in [0.2, 0.25) is 0 Å². The summed E-state index contributed by atoms with van der Waals surface area (Å²) in [7, 11) is 1.77. The van der Waals surface area contributed by atoms with Crippen LogP contribution in [0.5, 0.6) is 0 Å².